The van der Waals surface area contributed by atoms with Gasteiger partial charge in [0, 0.05) is 31.5 Å². The van der Waals surface area contributed by atoms with Crippen molar-refractivity contribution in [3.8, 4) is 0 Å². The fourth-order valence-electron chi connectivity index (χ4n) is 3.59. The van der Waals surface area contributed by atoms with Gasteiger partial charge in [0.15, 0.2) is 0 Å². The minimum atomic E-state index is 0.300. The topological polar surface area (TPSA) is 29.1 Å². The van der Waals surface area contributed by atoms with Gasteiger partial charge in [-0.3, -0.25) is 4.90 Å². The van der Waals surface area contributed by atoms with Gasteiger partial charge in [0.2, 0.25) is 0 Å². The number of nitrogens with two attached hydrogens (primary N) is 1. The maximum atomic E-state index is 6.37. The minimum absolute atomic E-state index is 0.300. The Morgan fingerprint density at radius 3 is 2.42 bits per heavy atom. The summed E-state index contributed by atoms with van der Waals surface area (Å²) < 4.78 is 6.37. The summed E-state index contributed by atoms with van der Waals surface area (Å²) in [4.78, 5) is 2.66. The van der Waals surface area contributed by atoms with Crippen molar-refractivity contribution in [1.29, 1.82) is 0 Å². The molecule has 2 saturated heterocycles. The van der Waals surface area contributed by atoms with Crippen LogP contribution in [0.15, 0.2) is 0 Å². The minimum Gasteiger partial charge on any atom is -0.374 e. The summed E-state index contributed by atoms with van der Waals surface area (Å²) in [5.74, 6) is 0.755. The summed E-state index contributed by atoms with van der Waals surface area (Å²) in [6, 6.07) is 0. The Kier molecular flexibility index (Phi) is 5.27. The summed E-state index contributed by atoms with van der Waals surface area (Å²) in [5.41, 5.74) is 0.300. The predicted molar refractivity (Wildman–Crippen MR) is 79.3 cm³/mol. The smallest absolute Gasteiger partial charge is 0.0780 e. The zero-order valence-electron chi connectivity index (χ0n) is 13.3. The van der Waals surface area contributed by atoms with Crippen LogP contribution in [0.25, 0.3) is 0 Å². The Labute approximate surface area is 119 Å². The molecule has 2 rings (SSSR count). The monoisotopic (exact) mass is 269 g/mol. The number of hydrogen-bond donors (Lipinski definition) is 1. The van der Waals surface area contributed by atoms with Gasteiger partial charge in [0.1, 0.15) is 0 Å². The van der Waals surface area contributed by atoms with Crippen LogP contribution in [0.1, 0.15) is 53.4 Å². The van der Waals surface area contributed by atoms with Crippen LogP contribution in [0, 0.1) is 5.92 Å². The number of quaternary nitrogens is 1. The molecule has 1 atom stereocenters. The van der Waals surface area contributed by atoms with E-state index < -0.39 is 0 Å². The van der Waals surface area contributed by atoms with Crippen molar-refractivity contribution in [2.75, 3.05) is 26.2 Å². The third kappa shape index (κ3) is 4.44. The highest BCUT2D eigenvalue weighted by Gasteiger charge is 2.36. The van der Waals surface area contributed by atoms with Crippen LogP contribution < -0.4 is 5.32 Å². The largest absolute Gasteiger partial charge is 0.374 e. The molecule has 3 heteroatoms. The molecule has 0 aromatic rings. The molecule has 2 aliphatic heterocycles. The number of nitrogens with zero attached hydrogens (tertiary/aromatic N) is 1. The first-order valence-electron chi connectivity index (χ1n) is 8.19. The Morgan fingerprint density at radius 1 is 1.16 bits per heavy atom. The van der Waals surface area contributed by atoms with Crippen molar-refractivity contribution in [3.63, 3.8) is 0 Å². The SMILES string of the molecule is CC(C)CN1CCC(OC2CC[NH2+]CC2)CC1(C)C. The van der Waals surface area contributed by atoms with Crippen molar-refractivity contribution < 1.29 is 10.1 Å². The van der Waals surface area contributed by atoms with Crippen LogP contribution in [0.4, 0.5) is 0 Å². The highest BCUT2D eigenvalue weighted by atomic mass is 16.5. The van der Waals surface area contributed by atoms with Gasteiger partial charge in [-0.2, -0.15) is 0 Å². The Hall–Kier alpha value is -0.120. The summed E-state index contributed by atoms with van der Waals surface area (Å²) >= 11 is 0. The van der Waals surface area contributed by atoms with Gasteiger partial charge in [-0.1, -0.05) is 13.8 Å². The van der Waals surface area contributed by atoms with Gasteiger partial charge >= 0.3 is 0 Å². The number of ether oxygens (including phenoxy) is 1. The van der Waals surface area contributed by atoms with Gasteiger partial charge in [-0.05, 0) is 32.6 Å². The van der Waals surface area contributed by atoms with E-state index in [2.05, 4.69) is 37.9 Å². The van der Waals surface area contributed by atoms with E-state index in [1.807, 2.05) is 0 Å². The third-order valence-electron chi connectivity index (χ3n) is 4.66. The zero-order chi connectivity index (χ0) is 13.9. The van der Waals surface area contributed by atoms with Gasteiger partial charge < -0.3 is 10.1 Å². The molecular formula is C16H33N2O+. The first kappa shape index (κ1) is 15.3. The standard InChI is InChI=1S/C16H32N2O/c1-13(2)12-18-10-7-15(11-16(18,3)4)19-14-5-8-17-9-6-14/h13-15,17H,5-12H2,1-4H3/p+1. The maximum Gasteiger partial charge on any atom is 0.0780 e. The number of piperidine rings is 2. The highest BCUT2D eigenvalue weighted by Crippen LogP contribution is 2.31. The van der Waals surface area contributed by atoms with Crippen molar-refractivity contribution in [3.05, 3.63) is 0 Å². The summed E-state index contributed by atoms with van der Waals surface area (Å²) in [5, 5.41) is 2.41. The molecule has 0 saturated carbocycles. The average Bonchev–Trinajstić information content (AvgIpc) is 2.33. The Morgan fingerprint density at radius 2 is 1.84 bits per heavy atom. The van der Waals surface area contributed by atoms with E-state index in [1.165, 1.54) is 51.9 Å². The highest BCUT2D eigenvalue weighted by molar-refractivity contribution is 4.90. The van der Waals surface area contributed by atoms with E-state index in [4.69, 9.17) is 4.74 Å². The van der Waals surface area contributed by atoms with Gasteiger partial charge in [-0.15, -0.1) is 0 Å². The lowest BCUT2D eigenvalue weighted by molar-refractivity contribution is -0.665. The average molecular weight is 269 g/mol. The predicted octanol–water partition coefficient (Wildman–Crippen LogP) is 1.63. The molecule has 3 nitrogen and oxygen atoms in total. The van der Waals surface area contributed by atoms with E-state index in [-0.39, 0.29) is 0 Å². The van der Waals surface area contributed by atoms with Crippen molar-refractivity contribution in [2.24, 2.45) is 5.92 Å². The zero-order valence-corrected chi connectivity index (χ0v) is 13.3. The molecule has 2 fully saturated rings. The van der Waals surface area contributed by atoms with Gasteiger partial charge in [-0.25, -0.2) is 0 Å². The summed E-state index contributed by atoms with van der Waals surface area (Å²) in [6.07, 6.45) is 5.92. The quantitative estimate of drug-likeness (QED) is 0.840. The molecule has 0 amide bonds. The number of hydrogen-bond acceptors (Lipinski definition) is 2. The van der Waals surface area contributed by atoms with E-state index in [0.29, 0.717) is 17.7 Å². The van der Waals surface area contributed by atoms with Crippen molar-refractivity contribution in [2.45, 2.75) is 71.1 Å². The third-order valence-corrected chi connectivity index (χ3v) is 4.66. The molecule has 19 heavy (non-hydrogen) atoms. The van der Waals surface area contributed by atoms with Crippen LogP contribution in [-0.4, -0.2) is 48.8 Å². The molecule has 1 unspecified atom stereocenters. The fraction of sp³-hybridized carbons (Fsp3) is 1.00. The van der Waals surface area contributed by atoms with E-state index in [1.54, 1.807) is 0 Å². The van der Waals surface area contributed by atoms with Crippen LogP contribution in [-0.2, 0) is 4.74 Å². The first-order valence-corrected chi connectivity index (χ1v) is 8.19. The molecule has 2 N–H and O–H groups in total. The normalized spacial score (nSPS) is 29.8. The van der Waals surface area contributed by atoms with Crippen molar-refractivity contribution >= 4 is 0 Å². The first-order chi connectivity index (χ1) is 8.97. The second-order valence-corrected chi connectivity index (χ2v) is 7.47. The van der Waals surface area contributed by atoms with Gasteiger partial charge in [0.25, 0.3) is 0 Å². The van der Waals surface area contributed by atoms with Crippen molar-refractivity contribution in [1.82, 2.24) is 4.90 Å². The lowest BCUT2D eigenvalue weighted by Gasteiger charge is -2.47. The molecule has 0 spiro atoms. The number of likely N-dealkylation sites (tertiary alicyclic amines) is 1. The molecule has 2 heterocycles. The number of rotatable bonds is 4. The van der Waals surface area contributed by atoms with Crippen LogP contribution in [0.2, 0.25) is 0 Å². The fourth-order valence-corrected chi connectivity index (χ4v) is 3.59. The molecule has 0 radical (unpaired) electrons. The summed E-state index contributed by atoms with van der Waals surface area (Å²) in [7, 11) is 0. The molecular weight excluding hydrogens is 236 g/mol. The Bertz CT molecular complexity index is 272. The summed E-state index contributed by atoms with van der Waals surface area (Å²) in [6.45, 7) is 14.3. The second-order valence-electron chi connectivity index (χ2n) is 7.47. The maximum absolute atomic E-state index is 6.37. The molecule has 0 aromatic heterocycles. The molecule has 112 valence electrons. The van der Waals surface area contributed by atoms with Gasteiger partial charge in [0.05, 0.1) is 25.3 Å². The van der Waals surface area contributed by atoms with E-state index in [9.17, 15) is 0 Å². The lowest BCUT2D eigenvalue weighted by atomic mass is 9.87. The lowest BCUT2D eigenvalue weighted by Crippen LogP contribution is -2.86. The van der Waals surface area contributed by atoms with E-state index >= 15 is 0 Å². The van der Waals surface area contributed by atoms with Crippen LogP contribution in [0.5, 0.6) is 0 Å². The molecule has 2 aliphatic rings. The molecule has 0 bridgehead atoms. The van der Waals surface area contributed by atoms with Crippen LogP contribution >= 0.6 is 0 Å². The van der Waals surface area contributed by atoms with Crippen LogP contribution in [0.3, 0.4) is 0 Å². The molecule has 0 aromatic carbocycles. The molecule has 0 aliphatic carbocycles. The van der Waals surface area contributed by atoms with E-state index in [0.717, 1.165) is 5.92 Å². The second kappa shape index (κ2) is 6.55. The Balaban J connectivity index is 1.83.